The molecule has 0 saturated heterocycles. The predicted molar refractivity (Wildman–Crippen MR) is 68.2 cm³/mol. The van der Waals surface area contributed by atoms with Crippen molar-refractivity contribution in [3.63, 3.8) is 0 Å². The lowest BCUT2D eigenvalue weighted by Gasteiger charge is -2.11. The van der Waals surface area contributed by atoms with Gasteiger partial charge in [0.15, 0.2) is 5.82 Å². The highest BCUT2D eigenvalue weighted by Gasteiger charge is 2.22. The quantitative estimate of drug-likeness (QED) is 0.817. The van der Waals surface area contributed by atoms with Crippen molar-refractivity contribution in [2.45, 2.75) is 32.8 Å². The Bertz CT molecular complexity index is 441. The maximum atomic E-state index is 14.1. The highest BCUT2D eigenvalue weighted by molar-refractivity contribution is 5.91. The van der Waals surface area contributed by atoms with Crippen LogP contribution in [0.4, 0.5) is 10.1 Å². The van der Waals surface area contributed by atoms with Crippen LogP contribution in [0.15, 0.2) is 18.2 Å². The van der Waals surface area contributed by atoms with Crippen molar-refractivity contribution in [2.24, 2.45) is 5.92 Å². The third-order valence-corrected chi connectivity index (χ3v) is 2.84. The second kappa shape index (κ2) is 5.38. The van der Waals surface area contributed by atoms with Gasteiger partial charge in [-0.15, -0.1) is 0 Å². The van der Waals surface area contributed by atoms with Crippen molar-refractivity contribution in [2.75, 3.05) is 11.9 Å². The van der Waals surface area contributed by atoms with Crippen molar-refractivity contribution in [3.05, 3.63) is 29.6 Å². The number of rotatable bonds is 5. The lowest BCUT2D eigenvalue weighted by molar-refractivity contribution is 0.0373. The topological polar surface area (TPSA) is 38.3 Å². The third kappa shape index (κ3) is 3.22. The Morgan fingerprint density at radius 3 is 2.83 bits per heavy atom. The molecule has 0 amide bonds. The van der Waals surface area contributed by atoms with Gasteiger partial charge in [0.2, 0.25) is 0 Å². The summed E-state index contributed by atoms with van der Waals surface area (Å²) in [5.41, 5.74) is 0.365. The average molecular weight is 251 g/mol. The van der Waals surface area contributed by atoms with Crippen LogP contribution in [-0.2, 0) is 4.74 Å². The lowest BCUT2D eigenvalue weighted by Crippen LogP contribution is -2.14. The first kappa shape index (κ1) is 12.9. The van der Waals surface area contributed by atoms with E-state index in [2.05, 4.69) is 5.32 Å². The summed E-state index contributed by atoms with van der Waals surface area (Å²) in [6, 6.07) is 4.75. The van der Waals surface area contributed by atoms with Gasteiger partial charge in [0.05, 0.1) is 17.4 Å². The largest absolute Gasteiger partial charge is 0.459 e. The summed E-state index contributed by atoms with van der Waals surface area (Å²) in [7, 11) is 0. The summed E-state index contributed by atoms with van der Waals surface area (Å²) in [4.78, 5) is 11.7. The van der Waals surface area contributed by atoms with E-state index >= 15 is 0 Å². The van der Waals surface area contributed by atoms with Gasteiger partial charge in [-0.05, 0) is 44.7 Å². The minimum Gasteiger partial charge on any atom is -0.459 e. The Morgan fingerprint density at radius 1 is 1.50 bits per heavy atom. The minimum atomic E-state index is -0.613. The van der Waals surface area contributed by atoms with Gasteiger partial charge in [-0.1, -0.05) is 6.07 Å². The number of hydrogen-bond donors (Lipinski definition) is 1. The molecule has 98 valence electrons. The van der Waals surface area contributed by atoms with E-state index in [1.807, 2.05) is 0 Å². The van der Waals surface area contributed by atoms with Crippen molar-refractivity contribution in [3.8, 4) is 0 Å². The molecule has 0 radical (unpaired) electrons. The molecule has 1 fully saturated rings. The maximum Gasteiger partial charge on any atom is 0.341 e. The van der Waals surface area contributed by atoms with Gasteiger partial charge in [-0.2, -0.15) is 0 Å². The number of benzene rings is 1. The summed E-state index contributed by atoms with van der Waals surface area (Å²) >= 11 is 0. The van der Waals surface area contributed by atoms with E-state index in [1.165, 1.54) is 18.9 Å². The molecule has 0 aliphatic heterocycles. The number of halogens is 1. The van der Waals surface area contributed by atoms with Crippen molar-refractivity contribution in [1.29, 1.82) is 0 Å². The fourth-order valence-corrected chi connectivity index (χ4v) is 1.68. The van der Waals surface area contributed by atoms with E-state index < -0.39 is 11.8 Å². The maximum absolute atomic E-state index is 14.1. The number of ether oxygens (including phenoxy) is 1. The van der Waals surface area contributed by atoms with Gasteiger partial charge >= 0.3 is 5.97 Å². The number of nitrogens with one attached hydrogen (secondary N) is 1. The van der Waals surface area contributed by atoms with E-state index in [9.17, 15) is 9.18 Å². The summed E-state index contributed by atoms with van der Waals surface area (Å²) in [6.07, 6.45) is 2.15. The number of hydrogen-bond acceptors (Lipinski definition) is 3. The molecule has 1 aliphatic rings. The molecule has 0 bridgehead atoms. The first-order chi connectivity index (χ1) is 8.58. The molecule has 18 heavy (non-hydrogen) atoms. The third-order valence-electron chi connectivity index (χ3n) is 2.84. The molecule has 0 unspecified atom stereocenters. The second-order valence-electron chi connectivity index (χ2n) is 4.95. The fraction of sp³-hybridized carbons (Fsp3) is 0.500. The molecule has 1 aromatic rings. The molecule has 1 aliphatic carbocycles. The number of carbonyl (C=O) groups excluding carboxylic acids is 1. The van der Waals surface area contributed by atoms with Gasteiger partial charge < -0.3 is 10.1 Å². The Morgan fingerprint density at radius 2 is 2.22 bits per heavy atom. The van der Waals surface area contributed by atoms with Crippen LogP contribution in [-0.4, -0.2) is 18.6 Å². The van der Waals surface area contributed by atoms with Crippen LogP contribution >= 0.6 is 0 Å². The Balaban J connectivity index is 2.09. The summed E-state index contributed by atoms with van der Waals surface area (Å²) in [5.74, 6) is -0.489. The highest BCUT2D eigenvalue weighted by Crippen LogP contribution is 2.29. The van der Waals surface area contributed by atoms with Crippen LogP contribution in [0.3, 0.4) is 0 Å². The zero-order valence-electron chi connectivity index (χ0n) is 10.7. The SMILES string of the molecule is CC(C)OC(=O)c1cccc(NCC2CC2)c1F. The first-order valence-corrected chi connectivity index (χ1v) is 6.31. The van der Waals surface area contributed by atoms with E-state index in [0.717, 1.165) is 6.54 Å². The van der Waals surface area contributed by atoms with Crippen LogP contribution in [0.25, 0.3) is 0 Å². The zero-order valence-corrected chi connectivity index (χ0v) is 10.7. The molecule has 2 rings (SSSR count). The number of carbonyl (C=O) groups is 1. The van der Waals surface area contributed by atoms with E-state index in [1.54, 1.807) is 26.0 Å². The summed E-state index contributed by atoms with van der Waals surface area (Å²) in [6.45, 7) is 4.25. The fourth-order valence-electron chi connectivity index (χ4n) is 1.68. The molecule has 0 atom stereocenters. The van der Waals surface area contributed by atoms with Crippen molar-refractivity contribution < 1.29 is 13.9 Å². The van der Waals surface area contributed by atoms with E-state index in [0.29, 0.717) is 11.6 Å². The molecule has 3 nitrogen and oxygen atoms in total. The summed E-state index contributed by atoms with van der Waals surface area (Å²) < 4.78 is 19.1. The molecule has 1 aromatic carbocycles. The molecular weight excluding hydrogens is 233 g/mol. The van der Waals surface area contributed by atoms with Crippen molar-refractivity contribution in [1.82, 2.24) is 0 Å². The van der Waals surface area contributed by atoms with Gasteiger partial charge in [0.25, 0.3) is 0 Å². The Hall–Kier alpha value is -1.58. The minimum absolute atomic E-state index is 0.00973. The lowest BCUT2D eigenvalue weighted by atomic mass is 10.2. The van der Waals surface area contributed by atoms with Gasteiger partial charge in [-0.3, -0.25) is 0 Å². The zero-order chi connectivity index (χ0) is 13.1. The summed E-state index contributed by atoms with van der Waals surface area (Å²) in [5, 5.41) is 3.04. The normalized spacial score (nSPS) is 14.7. The first-order valence-electron chi connectivity index (χ1n) is 6.31. The molecule has 0 heterocycles. The Kier molecular flexibility index (Phi) is 3.84. The highest BCUT2D eigenvalue weighted by atomic mass is 19.1. The molecule has 1 N–H and O–H groups in total. The van der Waals surface area contributed by atoms with Gasteiger partial charge in [0.1, 0.15) is 0 Å². The van der Waals surface area contributed by atoms with Crippen LogP contribution in [0.1, 0.15) is 37.0 Å². The van der Waals surface area contributed by atoms with Gasteiger partial charge in [-0.25, -0.2) is 9.18 Å². The van der Waals surface area contributed by atoms with E-state index in [-0.39, 0.29) is 11.7 Å². The standard InChI is InChI=1S/C14H18FNO2/c1-9(2)18-14(17)11-4-3-5-12(13(11)15)16-8-10-6-7-10/h3-5,9-10,16H,6-8H2,1-2H3. The molecular formula is C14H18FNO2. The molecule has 0 aromatic heterocycles. The van der Waals surface area contributed by atoms with Crippen LogP contribution in [0, 0.1) is 11.7 Å². The molecule has 4 heteroatoms. The number of esters is 1. The van der Waals surface area contributed by atoms with Crippen LogP contribution in [0.2, 0.25) is 0 Å². The monoisotopic (exact) mass is 251 g/mol. The van der Waals surface area contributed by atoms with Gasteiger partial charge in [0, 0.05) is 6.54 Å². The second-order valence-corrected chi connectivity index (χ2v) is 4.95. The average Bonchev–Trinajstić information content (AvgIpc) is 3.10. The van der Waals surface area contributed by atoms with E-state index in [4.69, 9.17) is 4.74 Å². The van der Waals surface area contributed by atoms with Crippen molar-refractivity contribution >= 4 is 11.7 Å². The molecule has 0 spiro atoms. The predicted octanol–water partition coefficient (Wildman–Crippen LogP) is 3.21. The smallest absolute Gasteiger partial charge is 0.341 e. The number of anilines is 1. The Labute approximate surface area is 106 Å². The molecule has 1 saturated carbocycles. The van der Waals surface area contributed by atoms with Crippen LogP contribution in [0.5, 0.6) is 0 Å². The van der Waals surface area contributed by atoms with Crippen LogP contribution < -0.4 is 5.32 Å².